The minimum atomic E-state index is -3.43. The van der Waals surface area contributed by atoms with Crippen molar-refractivity contribution in [2.45, 2.75) is 11.6 Å². The van der Waals surface area contributed by atoms with E-state index >= 15 is 0 Å². The van der Waals surface area contributed by atoms with Gasteiger partial charge in [-0.1, -0.05) is 0 Å². The summed E-state index contributed by atoms with van der Waals surface area (Å²) in [7, 11) is -3.43. The maximum Gasteiger partial charge on any atom is 0.253 e. The van der Waals surface area contributed by atoms with Gasteiger partial charge in [0.2, 0.25) is 0 Å². The van der Waals surface area contributed by atoms with Crippen molar-refractivity contribution in [3.63, 3.8) is 0 Å². The van der Waals surface area contributed by atoms with Gasteiger partial charge >= 0.3 is 0 Å². The third-order valence-corrected chi connectivity index (χ3v) is 5.58. The van der Waals surface area contributed by atoms with E-state index in [0.29, 0.717) is 22.0 Å². The summed E-state index contributed by atoms with van der Waals surface area (Å²) in [4.78, 5) is 20.8. The smallest absolute Gasteiger partial charge is 0.253 e. The molecule has 0 unspecified atom stereocenters. The fourth-order valence-corrected chi connectivity index (χ4v) is 3.72. The molecular weight excluding hydrogens is 407 g/mol. The number of nitrogens with zero attached hydrogens (tertiary/aromatic N) is 3. The van der Waals surface area contributed by atoms with Crippen LogP contribution in [0.1, 0.15) is 15.9 Å². The molecule has 3 heterocycles. The predicted molar refractivity (Wildman–Crippen MR) is 110 cm³/mol. The number of halogens is 1. The lowest BCUT2D eigenvalue weighted by Gasteiger charge is -2.08. The van der Waals surface area contributed by atoms with Crippen molar-refractivity contribution in [3.05, 3.63) is 84.2 Å². The van der Waals surface area contributed by atoms with E-state index in [1.807, 2.05) is 4.57 Å². The maximum absolute atomic E-state index is 13.2. The van der Waals surface area contributed by atoms with Crippen LogP contribution in [0.4, 0.5) is 4.39 Å². The Labute approximate surface area is 172 Å². The number of nitrogens with one attached hydrogen (secondary N) is 1. The number of amides is 1. The highest BCUT2D eigenvalue weighted by atomic mass is 32.2. The Bertz CT molecular complexity index is 1350. The first kappa shape index (κ1) is 19.7. The molecule has 3 aromatic heterocycles. The molecule has 7 nitrogen and oxygen atoms in total. The van der Waals surface area contributed by atoms with Crippen LogP contribution in [0.5, 0.6) is 0 Å². The average molecular weight is 424 g/mol. The molecule has 9 heteroatoms. The molecule has 1 aromatic carbocycles. The van der Waals surface area contributed by atoms with Crippen LogP contribution in [0.15, 0.2) is 72.3 Å². The van der Waals surface area contributed by atoms with Crippen LogP contribution in [0.2, 0.25) is 0 Å². The van der Waals surface area contributed by atoms with E-state index in [-0.39, 0.29) is 23.3 Å². The van der Waals surface area contributed by atoms with Gasteiger partial charge in [-0.05, 0) is 48.0 Å². The zero-order chi connectivity index (χ0) is 21.3. The zero-order valence-electron chi connectivity index (χ0n) is 15.9. The number of rotatable bonds is 5. The van der Waals surface area contributed by atoms with Gasteiger partial charge in [-0.2, -0.15) is 0 Å². The van der Waals surface area contributed by atoms with E-state index in [9.17, 15) is 17.6 Å². The summed E-state index contributed by atoms with van der Waals surface area (Å²) in [6.45, 7) is 0.138. The second-order valence-electron chi connectivity index (χ2n) is 6.74. The van der Waals surface area contributed by atoms with Crippen LogP contribution in [-0.2, 0) is 16.4 Å². The molecule has 0 aliphatic heterocycles. The van der Waals surface area contributed by atoms with Crippen molar-refractivity contribution in [2.24, 2.45) is 0 Å². The van der Waals surface area contributed by atoms with Gasteiger partial charge in [-0.3, -0.25) is 9.78 Å². The normalized spacial score (nSPS) is 11.5. The summed E-state index contributed by atoms with van der Waals surface area (Å²) >= 11 is 0. The van der Waals surface area contributed by atoms with Gasteiger partial charge in [-0.25, -0.2) is 17.8 Å². The number of fused-ring (bicyclic) bond motifs is 1. The van der Waals surface area contributed by atoms with Gasteiger partial charge in [0.25, 0.3) is 5.91 Å². The largest absolute Gasteiger partial charge is 0.348 e. The Kier molecular flexibility index (Phi) is 5.04. The minimum Gasteiger partial charge on any atom is -0.348 e. The highest BCUT2D eigenvalue weighted by Crippen LogP contribution is 2.23. The molecule has 0 aliphatic carbocycles. The number of carbonyl (C=O) groups excluding carboxylic acids is 1. The number of benzene rings is 1. The first-order valence-electron chi connectivity index (χ1n) is 8.97. The van der Waals surface area contributed by atoms with E-state index < -0.39 is 9.84 Å². The molecule has 152 valence electrons. The van der Waals surface area contributed by atoms with Gasteiger partial charge < -0.3 is 9.88 Å². The highest BCUT2D eigenvalue weighted by molar-refractivity contribution is 7.90. The third-order valence-electron chi connectivity index (χ3n) is 4.60. The Morgan fingerprint density at radius 2 is 1.90 bits per heavy atom. The molecule has 0 atom stereocenters. The Morgan fingerprint density at radius 3 is 2.63 bits per heavy atom. The lowest BCUT2D eigenvalue weighted by atomic mass is 10.1. The molecule has 1 amide bonds. The first-order valence-corrected chi connectivity index (χ1v) is 10.9. The summed E-state index contributed by atoms with van der Waals surface area (Å²) in [6, 6.07) is 10.9. The molecule has 0 aliphatic rings. The van der Waals surface area contributed by atoms with E-state index in [1.54, 1.807) is 36.7 Å². The Morgan fingerprint density at radius 1 is 1.13 bits per heavy atom. The SMILES string of the molecule is CS(=O)(=O)c1cc(CNC(=O)c2cncc3c2ccn3-c2ccc(F)cc2)ccn1. The van der Waals surface area contributed by atoms with Crippen molar-refractivity contribution in [2.75, 3.05) is 6.26 Å². The molecule has 1 N–H and O–H groups in total. The molecule has 4 rings (SSSR count). The monoisotopic (exact) mass is 424 g/mol. The Balaban J connectivity index is 1.59. The van der Waals surface area contributed by atoms with Crippen molar-refractivity contribution < 1.29 is 17.6 Å². The topological polar surface area (TPSA) is 94.0 Å². The van der Waals surface area contributed by atoms with Crippen molar-refractivity contribution in [3.8, 4) is 5.69 Å². The molecule has 0 spiro atoms. The highest BCUT2D eigenvalue weighted by Gasteiger charge is 2.15. The quantitative estimate of drug-likeness (QED) is 0.532. The van der Waals surface area contributed by atoms with Gasteiger partial charge in [-0.15, -0.1) is 0 Å². The second kappa shape index (κ2) is 7.68. The average Bonchev–Trinajstić information content (AvgIpc) is 3.16. The van der Waals surface area contributed by atoms with E-state index in [4.69, 9.17) is 0 Å². The van der Waals surface area contributed by atoms with Crippen molar-refractivity contribution in [1.29, 1.82) is 0 Å². The fourth-order valence-electron chi connectivity index (χ4n) is 3.10. The fraction of sp³-hybridized carbons (Fsp3) is 0.0952. The van der Waals surface area contributed by atoms with E-state index in [1.165, 1.54) is 30.6 Å². The summed E-state index contributed by atoms with van der Waals surface area (Å²) in [6.07, 6.45) is 7.37. The summed E-state index contributed by atoms with van der Waals surface area (Å²) in [5.74, 6) is -0.675. The zero-order valence-corrected chi connectivity index (χ0v) is 16.7. The molecular formula is C21H17FN4O3S. The lowest BCUT2D eigenvalue weighted by molar-refractivity contribution is 0.0952. The van der Waals surface area contributed by atoms with Crippen LogP contribution >= 0.6 is 0 Å². The Hall–Kier alpha value is -3.59. The second-order valence-corrected chi connectivity index (χ2v) is 8.70. The third kappa shape index (κ3) is 3.92. The number of pyridine rings is 2. The minimum absolute atomic E-state index is 0.0469. The molecule has 4 aromatic rings. The number of hydrogen-bond donors (Lipinski definition) is 1. The van der Waals surface area contributed by atoms with Gasteiger partial charge in [0, 0.05) is 42.5 Å². The van der Waals surface area contributed by atoms with Crippen molar-refractivity contribution in [1.82, 2.24) is 19.9 Å². The van der Waals surface area contributed by atoms with Gasteiger partial charge in [0.1, 0.15) is 5.82 Å². The van der Waals surface area contributed by atoms with Crippen LogP contribution in [-0.4, -0.2) is 35.1 Å². The van der Waals surface area contributed by atoms with Gasteiger partial charge in [0.15, 0.2) is 14.9 Å². The van der Waals surface area contributed by atoms with Crippen LogP contribution in [0.3, 0.4) is 0 Å². The standard InChI is InChI=1S/C21H17FN4O3S/c1-30(28,29)20-10-14(6-8-24-20)11-25-21(27)18-12-23-13-19-17(18)7-9-26(19)16-4-2-15(22)3-5-16/h2-10,12-13H,11H2,1H3,(H,25,27). The molecule has 30 heavy (non-hydrogen) atoms. The predicted octanol–water partition coefficient (Wildman–Crippen LogP) is 2.89. The van der Waals surface area contributed by atoms with E-state index in [0.717, 1.165) is 11.9 Å². The van der Waals surface area contributed by atoms with Crippen LogP contribution in [0.25, 0.3) is 16.6 Å². The molecule has 0 fully saturated rings. The van der Waals surface area contributed by atoms with Crippen LogP contribution in [0, 0.1) is 5.82 Å². The first-order chi connectivity index (χ1) is 14.3. The number of hydrogen-bond acceptors (Lipinski definition) is 5. The van der Waals surface area contributed by atoms with Gasteiger partial charge in [0.05, 0.1) is 17.3 Å². The lowest BCUT2D eigenvalue weighted by Crippen LogP contribution is -2.23. The maximum atomic E-state index is 13.2. The number of sulfone groups is 1. The number of aromatic nitrogens is 3. The van der Waals surface area contributed by atoms with Crippen molar-refractivity contribution >= 4 is 26.6 Å². The number of carbonyl (C=O) groups is 1. The molecule has 0 saturated heterocycles. The summed E-state index contributed by atoms with van der Waals surface area (Å²) < 4.78 is 38.3. The molecule has 0 bridgehead atoms. The van der Waals surface area contributed by atoms with E-state index in [2.05, 4.69) is 15.3 Å². The summed E-state index contributed by atoms with van der Waals surface area (Å²) in [5.41, 5.74) is 2.45. The van der Waals surface area contributed by atoms with Crippen LogP contribution < -0.4 is 5.32 Å². The molecule has 0 saturated carbocycles. The summed E-state index contributed by atoms with van der Waals surface area (Å²) in [5, 5.41) is 3.43. The molecule has 0 radical (unpaired) electrons.